The van der Waals surface area contributed by atoms with Gasteiger partial charge in [-0.1, -0.05) is 6.92 Å². The van der Waals surface area contributed by atoms with Gasteiger partial charge in [-0.15, -0.1) is 0 Å². The quantitative estimate of drug-likeness (QED) is 0.758. The van der Waals surface area contributed by atoms with Crippen LogP contribution in [0.2, 0.25) is 5.28 Å². The molecule has 0 radical (unpaired) electrons. The van der Waals surface area contributed by atoms with Gasteiger partial charge in [0.15, 0.2) is 5.82 Å². The molecule has 0 saturated carbocycles. The summed E-state index contributed by atoms with van der Waals surface area (Å²) in [7, 11) is 0. The lowest BCUT2D eigenvalue weighted by atomic mass is 10.2. The molecular weight excluding hydrogens is 200 g/mol. The maximum atomic E-state index is 5.81. The maximum Gasteiger partial charge on any atom is 0.224 e. The van der Waals surface area contributed by atoms with Crippen LogP contribution in [0.5, 0.6) is 0 Å². The number of nitrogen functional groups attached to an aromatic ring is 1. The summed E-state index contributed by atoms with van der Waals surface area (Å²) in [5.74, 6) is 0.622. The number of rotatable bonds is 3. The molecule has 1 aromatic rings. The van der Waals surface area contributed by atoms with Crippen molar-refractivity contribution in [3.8, 4) is 0 Å². The Balaban J connectivity index is 2.96. The highest BCUT2D eigenvalue weighted by Gasteiger charge is 2.09. The Morgan fingerprint density at radius 1 is 1.50 bits per heavy atom. The molecule has 1 rings (SSSR count). The van der Waals surface area contributed by atoms with Gasteiger partial charge in [0, 0.05) is 6.04 Å². The van der Waals surface area contributed by atoms with Gasteiger partial charge >= 0.3 is 0 Å². The third-order valence-corrected chi connectivity index (χ3v) is 2.27. The third kappa shape index (κ3) is 2.48. The minimum atomic E-state index is 0.225. The van der Waals surface area contributed by atoms with Crippen LogP contribution in [0.15, 0.2) is 0 Å². The number of nitrogens with zero attached hydrogens (tertiary/aromatic N) is 2. The Labute approximate surface area is 88.9 Å². The van der Waals surface area contributed by atoms with Crippen molar-refractivity contribution in [2.75, 3.05) is 11.1 Å². The minimum absolute atomic E-state index is 0.225. The first-order chi connectivity index (χ1) is 6.54. The van der Waals surface area contributed by atoms with Crippen LogP contribution in [-0.4, -0.2) is 16.0 Å². The van der Waals surface area contributed by atoms with E-state index in [1.165, 1.54) is 0 Å². The van der Waals surface area contributed by atoms with E-state index in [0.717, 1.165) is 6.42 Å². The van der Waals surface area contributed by atoms with Crippen molar-refractivity contribution in [2.45, 2.75) is 33.2 Å². The predicted octanol–water partition coefficient (Wildman–Crippen LogP) is 2.23. The minimum Gasteiger partial charge on any atom is -0.394 e. The first-order valence-electron chi connectivity index (χ1n) is 4.60. The van der Waals surface area contributed by atoms with Crippen LogP contribution in [0, 0.1) is 6.92 Å². The lowest BCUT2D eigenvalue weighted by Gasteiger charge is -2.14. The zero-order chi connectivity index (χ0) is 10.7. The molecule has 0 aliphatic carbocycles. The summed E-state index contributed by atoms with van der Waals surface area (Å²) in [5, 5.41) is 3.41. The number of aromatic nitrogens is 2. The van der Waals surface area contributed by atoms with E-state index < -0.39 is 0 Å². The van der Waals surface area contributed by atoms with Gasteiger partial charge in [-0.2, -0.15) is 4.98 Å². The number of nitrogens with one attached hydrogen (secondary N) is 1. The second-order valence-electron chi connectivity index (χ2n) is 3.29. The second-order valence-corrected chi connectivity index (χ2v) is 3.63. The summed E-state index contributed by atoms with van der Waals surface area (Å²) in [5.41, 5.74) is 7.08. The van der Waals surface area contributed by atoms with Crippen LogP contribution in [0.4, 0.5) is 11.5 Å². The van der Waals surface area contributed by atoms with Crippen molar-refractivity contribution in [3.05, 3.63) is 11.0 Å². The van der Waals surface area contributed by atoms with Crippen LogP contribution in [0.25, 0.3) is 0 Å². The largest absolute Gasteiger partial charge is 0.394 e. The molecule has 1 unspecified atom stereocenters. The highest BCUT2D eigenvalue weighted by Crippen LogP contribution is 2.21. The summed E-state index contributed by atoms with van der Waals surface area (Å²) in [6.07, 6.45) is 1.00. The Kier molecular flexibility index (Phi) is 3.52. The van der Waals surface area contributed by atoms with Crippen molar-refractivity contribution in [1.29, 1.82) is 0 Å². The summed E-state index contributed by atoms with van der Waals surface area (Å²) >= 11 is 5.73. The van der Waals surface area contributed by atoms with E-state index >= 15 is 0 Å². The molecule has 0 saturated heterocycles. The van der Waals surface area contributed by atoms with Crippen molar-refractivity contribution in [1.82, 2.24) is 9.97 Å². The van der Waals surface area contributed by atoms with E-state index in [9.17, 15) is 0 Å². The highest BCUT2D eigenvalue weighted by molar-refractivity contribution is 6.28. The summed E-state index contributed by atoms with van der Waals surface area (Å²) < 4.78 is 0. The molecule has 1 aromatic heterocycles. The number of hydrogen-bond acceptors (Lipinski definition) is 4. The van der Waals surface area contributed by atoms with Gasteiger partial charge < -0.3 is 11.1 Å². The SMILES string of the molecule is CCC(C)Nc1nc(Cl)nc(C)c1N. The predicted molar refractivity (Wildman–Crippen MR) is 59.6 cm³/mol. The molecule has 1 atom stereocenters. The monoisotopic (exact) mass is 214 g/mol. The average molecular weight is 215 g/mol. The van der Waals surface area contributed by atoms with Crippen LogP contribution in [-0.2, 0) is 0 Å². The molecule has 0 aliphatic rings. The van der Waals surface area contributed by atoms with Gasteiger partial charge in [-0.05, 0) is 31.9 Å². The fourth-order valence-electron chi connectivity index (χ4n) is 0.993. The van der Waals surface area contributed by atoms with Gasteiger partial charge in [0.25, 0.3) is 0 Å². The highest BCUT2D eigenvalue weighted by atomic mass is 35.5. The summed E-state index contributed by atoms with van der Waals surface area (Å²) in [6.45, 7) is 5.96. The fraction of sp³-hybridized carbons (Fsp3) is 0.556. The molecule has 78 valence electrons. The van der Waals surface area contributed by atoms with E-state index in [1.54, 1.807) is 0 Å². The lowest BCUT2D eigenvalue weighted by molar-refractivity contribution is 0.758. The van der Waals surface area contributed by atoms with Gasteiger partial charge in [0.05, 0.1) is 11.4 Å². The molecule has 0 aromatic carbocycles. The number of nitrogens with two attached hydrogens (primary N) is 1. The topological polar surface area (TPSA) is 63.8 Å². The van der Waals surface area contributed by atoms with Crippen LogP contribution >= 0.6 is 11.6 Å². The molecule has 0 amide bonds. The number of aryl methyl sites for hydroxylation is 1. The van der Waals surface area contributed by atoms with Gasteiger partial charge in [0.1, 0.15) is 0 Å². The van der Waals surface area contributed by atoms with Crippen molar-refractivity contribution < 1.29 is 0 Å². The van der Waals surface area contributed by atoms with Crippen molar-refractivity contribution in [3.63, 3.8) is 0 Å². The molecule has 5 heteroatoms. The average Bonchev–Trinajstić information content (AvgIpc) is 2.13. The Hall–Kier alpha value is -1.03. The molecule has 0 bridgehead atoms. The Morgan fingerprint density at radius 3 is 2.71 bits per heavy atom. The van der Waals surface area contributed by atoms with Crippen LogP contribution in [0.3, 0.4) is 0 Å². The van der Waals surface area contributed by atoms with E-state index in [-0.39, 0.29) is 5.28 Å². The van der Waals surface area contributed by atoms with Gasteiger partial charge in [0.2, 0.25) is 5.28 Å². The summed E-state index contributed by atoms with van der Waals surface area (Å²) in [4.78, 5) is 8.00. The standard InChI is InChI=1S/C9H15ClN4/c1-4-5(2)12-8-7(11)6(3)13-9(10)14-8/h5H,4,11H2,1-3H3,(H,12,13,14). The smallest absolute Gasteiger partial charge is 0.224 e. The van der Waals surface area contributed by atoms with Crippen LogP contribution < -0.4 is 11.1 Å². The lowest BCUT2D eigenvalue weighted by Crippen LogP contribution is -2.16. The van der Waals surface area contributed by atoms with Crippen LogP contribution in [0.1, 0.15) is 26.0 Å². The molecule has 0 fully saturated rings. The molecular formula is C9H15ClN4. The molecule has 4 nitrogen and oxygen atoms in total. The first kappa shape index (κ1) is 11.0. The summed E-state index contributed by atoms with van der Waals surface area (Å²) in [6, 6.07) is 0.322. The first-order valence-corrected chi connectivity index (χ1v) is 4.98. The molecule has 1 heterocycles. The molecule has 14 heavy (non-hydrogen) atoms. The molecule has 0 spiro atoms. The third-order valence-electron chi connectivity index (χ3n) is 2.10. The van der Waals surface area contributed by atoms with E-state index in [2.05, 4.69) is 29.1 Å². The van der Waals surface area contributed by atoms with Gasteiger partial charge in [-0.3, -0.25) is 0 Å². The van der Waals surface area contributed by atoms with Gasteiger partial charge in [-0.25, -0.2) is 4.98 Å². The zero-order valence-electron chi connectivity index (χ0n) is 8.63. The van der Waals surface area contributed by atoms with E-state index in [1.807, 2.05) is 6.92 Å². The number of halogens is 1. The molecule has 0 aliphatic heterocycles. The van der Waals surface area contributed by atoms with Crippen molar-refractivity contribution >= 4 is 23.1 Å². The Morgan fingerprint density at radius 2 is 2.14 bits per heavy atom. The Bertz CT molecular complexity index is 327. The normalized spacial score (nSPS) is 12.6. The van der Waals surface area contributed by atoms with E-state index in [4.69, 9.17) is 17.3 Å². The number of anilines is 2. The maximum absolute atomic E-state index is 5.81. The van der Waals surface area contributed by atoms with Crippen molar-refractivity contribution in [2.24, 2.45) is 0 Å². The second kappa shape index (κ2) is 4.46. The number of hydrogen-bond donors (Lipinski definition) is 2. The van der Waals surface area contributed by atoms with E-state index in [0.29, 0.717) is 23.2 Å². The zero-order valence-corrected chi connectivity index (χ0v) is 9.39. The fourth-order valence-corrected chi connectivity index (χ4v) is 1.20. The molecule has 3 N–H and O–H groups in total.